The Labute approximate surface area is 132 Å². The zero-order valence-corrected chi connectivity index (χ0v) is 14.7. The normalized spacial score (nSPS) is 11.5. The summed E-state index contributed by atoms with van der Waals surface area (Å²) in [6.07, 6.45) is 0.675. The van der Waals surface area contributed by atoms with Gasteiger partial charge >= 0.3 is 20.8 Å². The van der Waals surface area contributed by atoms with Crippen LogP contribution in [0.15, 0.2) is 0 Å². The first kappa shape index (κ1) is 20.8. The lowest BCUT2D eigenvalue weighted by molar-refractivity contribution is -0.137. The zero-order valence-electron chi connectivity index (χ0n) is 13.7. The monoisotopic (exact) mass is 337 g/mol. The second-order valence-corrected chi connectivity index (χ2v) is 7.80. The van der Waals surface area contributed by atoms with Gasteiger partial charge in [-0.05, 0) is 13.5 Å². The van der Waals surface area contributed by atoms with Crippen molar-refractivity contribution >= 4 is 20.8 Å². The number of likely N-dealkylation sites (N-methyl/N-ethyl adjacent to an activating group) is 1. The predicted molar refractivity (Wildman–Crippen MR) is 82.7 cm³/mol. The number of aliphatic carboxylic acids is 1. The van der Waals surface area contributed by atoms with Gasteiger partial charge in [-0.15, -0.1) is 0 Å². The summed E-state index contributed by atoms with van der Waals surface area (Å²) in [7, 11) is 3.75. The van der Waals surface area contributed by atoms with Crippen LogP contribution in [0.1, 0.15) is 6.42 Å². The zero-order chi connectivity index (χ0) is 17.0. The van der Waals surface area contributed by atoms with Gasteiger partial charge in [-0.25, -0.2) is 4.79 Å². The number of carboxylic acids is 1. The van der Waals surface area contributed by atoms with Gasteiger partial charge in [0.1, 0.15) is 0 Å². The second kappa shape index (κ2) is 11.4. The summed E-state index contributed by atoms with van der Waals surface area (Å²) in [4.78, 5) is 23.6. The highest BCUT2D eigenvalue weighted by Gasteiger charge is 2.36. The number of nitrogens with one attached hydrogen (secondary N) is 2. The van der Waals surface area contributed by atoms with Gasteiger partial charge < -0.3 is 29.0 Å². The molecule has 0 aromatic carbocycles. The molecule has 0 radical (unpaired) electrons. The molecule has 0 aromatic heterocycles. The predicted octanol–water partition coefficient (Wildman–Crippen LogP) is -0.430. The molecule has 0 spiro atoms. The van der Waals surface area contributed by atoms with Gasteiger partial charge in [-0.3, -0.25) is 9.69 Å². The van der Waals surface area contributed by atoms with Crippen LogP contribution in [0, 0.1) is 0 Å². The average Bonchev–Trinajstić information content (AvgIpc) is 2.47. The molecule has 10 heteroatoms. The Kier molecular flexibility index (Phi) is 10.8. The van der Waals surface area contributed by atoms with Crippen LogP contribution in [-0.2, 0) is 18.1 Å². The van der Waals surface area contributed by atoms with Gasteiger partial charge in [0.05, 0.1) is 6.54 Å². The van der Waals surface area contributed by atoms with Crippen LogP contribution in [-0.4, -0.2) is 85.4 Å². The molecule has 0 rings (SSSR count). The standard InChI is InChI=1S/C12H27N3O6Si/c1-15(10-11(16)17)8-7-14-12(18)13-6-5-9-22(19-2,20-3)21-4/h5-10H2,1-4H3,(H,16,17)(H2,13,14,18). The number of urea groups is 1. The van der Waals surface area contributed by atoms with Gasteiger partial charge in [-0.1, -0.05) is 0 Å². The molecule has 0 aromatic rings. The van der Waals surface area contributed by atoms with Crippen LogP contribution in [0.25, 0.3) is 0 Å². The van der Waals surface area contributed by atoms with Crippen molar-refractivity contribution in [3.8, 4) is 0 Å². The van der Waals surface area contributed by atoms with Crippen LogP contribution in [0.3, 0.4) is 0 Å². The molecule has 3 N–H and O–H groups in total. The van der Waals surface area contributed by atoms with Gasteiger partial charge in [0, 0.05) is 47.0 Å². The quantitative estimate of drug-likeness (QED) is 0.327. The van der Waals surface area contributed by atoms with Gasteiger partial charge in [-0.2, -0.15) is 0 Å². The number of carbonyl (C=O) groups is 2. The van der Waals surface area contributed by atoms with Crippen molar-refractivity contribution < 1.29 is 28.0 Å². The minimum atomic E-state index is -2.58. The minimum absolute atomic E-state index is 0.0545. The molecular formula is C12H27N3O6Si. The smallest absolute Gasteiger partial charge is 0.480 e. The summed E-state index contributed by atoms with van der Waals surface area (Å²) in [6.45, 7) is 1.26. The second-order valence-electron chi connectivity index (χ2n) is 4.71. The van der Waals surface area contributed by atoms with Crippen molar-refractivity contribution in [3.63, 3.8) is 0 Å². The number of carbonyl (C=O) groups excluding carboxylic acids is 1. The van der Waals surface area contributed by atoms with Crippen molar-refractivity contribution in [2.24, 2.45) is 0 Å². The third kappa shape index (κ3) is 8.95. The Hall–Kier alpha value is -1.20. The summed E-state index contributed by atoms with van der Waals surface area (Å²) >= 11 is 0. The maximum atomic E-state index is 11.5. The Morgan fingerprint density at radius 3 is 2.14 bits per heavy atom. The lowest BCUT2D eigenvalue weighted by Gasteiger charge is -2.24. The molecule has 0 saturated carbocycles. The number of carboxylic acid groups (broad SMARTS) is 1. The van der Waals surface area contributed by atoms with E-state index in [4.69, 9.17) is 18.4 Å². The lowest BCUT2D eigenvalue weighted by atomic mass is 10.5. The highest BCUT2D eigenvalue weighted by atomic mass is 28.4. The molecule has 130 valence electrons. The van der Waals surface area contributed by atoms with E-state index in [1.165, 1.54) is 0 Å². The first-order valence-electron chi connectivity index (χ1n) is 6.96. The number of hydrogen-bond acceptors (Lipinski definition) is 6. The molecule has 0 bridgehead atoms. The summed E-state index contributed by atoms with van der Waals surface area (Å²) in [5.41, 5.74) is 0. The molecule has 0 unspecified atom stereocenters. The summed E-state index contributed by atoms with van der Waals surface area (Å²) in [6, 6.07) is 0.321. The molecule has 0 heterocycles. The van der Waals surface area contributed by atoms with E-state index in [0.717, 1.165) is 0 Å². The SMILES string of the molecule is CO[Si](CCCNC(=O)NCCN(C)CC(=O)O)(OC)OC. The molecule has 22 heavy (non-hydrogen) atoms. The first-order valence-corrected chi connectivity index (χ1v) is 8.89. The molecule has 2 amide bonds. The van der Waals surface area contributed by atoms with E-state index in [0.29, 0.717) is 32.1 Å². The molecule has 9 nitrogen and oxygen atoms in total. The number of amides is 2. The fourth-order valence-corrected chi connectivity index (χ4v) is 3.52. The topological polar surface area (TPSA) is 109 Å². The van der Waals surface area contributed by atoms with E-state index in [2.05, 4.69) is 10.6 Å². The molecule has 0 aliphatic carbocycles. The summed E-state index contributed by atoms with van der Waals surface area (Å²) in [5.74, 6) is -0.894. The third-order valence-corrected chi connectivity index (χ3v) is 5.89. The number of hydrogen-bond donors (Lipinski definition) is 3. The summed E-state index contributed by atoms with van der Waals surface area (Å²) < 4.78 is 15.8. The molecule has 0 aliphatic heterocycles. The van der Waals surface area contributed by atoms with Crippen LogP contribution in [0.2, 0.25) is 6.04 Å². The lowest BCUT2D eigenvalue weighted by Crippen LogP contribution is -2.44. The Morgan fingerprint density at radius 1 is 1.09 bits per heavy atom. The molecule has 0 saturated heterocycles. The van der Waals surface area contributed by atoms with E-state index in [-0.39, 0.29) is 12.6 Å². The van der Waals surface area contributed by atoms with Crippen molar-refractivity contribution in [1.29, 1.82) is 0 Å². The van der Waals surface area contributed by atoms with Gasteiger partial charge in [0.2, 0.25) is 0 Å². The van der Waals surface area contributed by atoms with Crippen molar-refractivity contribution in [2.75, 3.05) is 54.6 Å². The maximum absolute atomic E-state index is 11.5. The van der Waals surface area contributed by atoms with Crippen LogP contribution >= 0.6 is 0 Å². The highest BCUT2D eigenvalue weighted by Crippen LogP contribution is 2.14. The largest absolute Gasteiger partial charge is 0.500 e. The first-order chi connectivity index (χ1) is 10.4. The van der Waals surface area contributed by atoms with E-state index in [1.54, 1.807) is 33.3 Å². The molecule has 0 aliphatic rings. The van der Waals surface area contributed by atoms with Crippen molar-refractivity contribution in [3.05, 3.63) is 0 Å². The van der Waals surface area contributed by atoms with E-state index >= 15 is 0 Å². The maximum Gasteiger partial charge on any atom is 0.500 e. The highest BCUT2D eigenvalue weighted by molar-refractivity contribution is 6.60. The van der Waals surface area contributed by atoms with Crippen LogP contribution in [0.4, 0.5) is 4.79 Å². The fraction of sp³-hybridized carbons (Fsp3) is 0.833. The Balaban J connectivity index is 3.76. The molecule has 0 fully saturated rings. The number of rotatable bonds is 12. The van der Waals surface area contributed by atoms with E-state index < -0.39 is 14.8 Å². The molecular weight excluding hydrogens is 310 g/mol. The van der Waals surface area contributed by atoms with Crippen LogP contribution < -0.4 is 10.6 Å². The minimum Gasteiger partial charge on any atom is -0.480 e. The Morgan fingerprint density at radius 2 is 1.64 bits per heavy atom. The van der Waals surface area contributed by atoms with Crippen molar-refractivity contribution in [2.45, 2.75) is 12.5 Å². The fourth-order valence-electron chi connectivity index (χ4n) is 1.80. The third-order valence-electron chi connectivity index (χ3n) is 3.06. The van der Waals surface area contributed by atoms with E-state index in [9.17, 15) is 9.59 Å². The van der Waals surface area contributed by atoms with E-state index in [1.807, 2.05) is 0 Å². The Bertz CT molecular complexity index is 333. The van der Waals surface area contributed by atoms with Gasteiger partial charge in [0.15, 0.2) is 0 Å². The number of nitrogens with zero attached hydrogens (tertiary/aromatic N) is 1. The summed E-state index contributed by atoms with van der Waals surface area (Å²) in [5, 5.41) is 14.0. The average molecular weight is 337 g/mol. The van der Waals surface area contributed by atoms with Gasteiger partial charge in [0.25, 0.3) is 0 Å². The van der Waals surface area contributed by atoms with Crippen molar-refractivity contribution in [1.82, 2.24) is 15.5 Å². The van der Waals surface area contributed by atoms with Crippen LogP contribution in [0.5, 0.6) is 0 Å². The molecule has 0 atom stereocenters.